The number of carbonyl (C=O) groups is 4. The maximum absolute atomic E-state index is 12.4. The summed E-state index contributed by atoms with van der Waals surface area (Å²) in [5, 5.41) is 0. The van der Waals surface area contributed by atoms with Gasteiger partial charge in [-0.15, -0.1) is 0 Å². The molecule has 0 N–H and O–H groups in total. The lowest BCUT2D eigenvalue weighted by molar-refractivity contribution is -0.139. The summed E-state index contributed by atoms with van der Waals surface area (Å²) in [6.45, 7) is 7.22. The largest absolute Gasteiger partial charge is 0.462 e. The summed E-state index contributed by atoms with van der Waals surface area (Å²) in [6, 6.07) is 6.76. The Bertz CT molecular complexity index is 819. The van der Waals surface area contributed by atoms with E-state index in [1.165, 1.54) is 4.90 Å². The Morgan fingerprint density at radius 1 is 1.00 bits per heavy atom. The third-order valence-corrected chi connectivity index (χ3v) is 5.40. The lowest BCUT2D eigenvalue weighted by Gasteiger charge is -2.33. The fourth-order valence-corrected chi connectivity index (χ4v) is 3.61. The third-order valence-electron chi connectivity index (χ3n) is 5.40. The average Bonchev–Trinajstić information content (AvgIpc) is 3.03. The van der Waals surface area contributed by atoms with E-state index in [1.54, 1.807) is 29.2 Å². The molecule has 2 aliphatic rings. The Balaban J connectivity index is 1.42. The van der Waals surface area contributed by atoms with Crippen LogP contribution < -0.4 is 0 Å². The number of carbonyl (C=O) groups excluding carboxylic acids is 4. The highest BCUT2D eigenvalue weighted by molar-refractivity contribution is 6.01. The molecule has 2 fully saturated rings. The van der Waals surface area contributed by atoms with E-state index in [1.807, 2.05) is 20.8 Å². The molecule has 31 heavy (non-hydrogen) atoms. The lowest BCUT2D eigenvalue weighted by atomic mass is 9.98. The van der Waals surface area contributed by atoms with Crippen molar-refractivity contribution < 1.29 is 28.7 Å². The second-order valence-corrected chi connectivity index (χ2v) is 9.08. The van der Waals surface area contributed by atoms with Gasteiger partial charge >= 0.3 is 12.1 Å². The second kappa shape index (κ2) is 9.49. The highest BCUT2D eigenvalue weighted by Gasteiger charge is 2.29. The first kappa shape index (κ1) is 22.8. The van der Waals surface area contributed by atoms with E-state index in [2.05, 4.69) is 0 Å². The molecular formula is C23H30N2O6. The molecule has 2 heterocycles. The van der Waals surface area contributed by atoms with Gasteiger partial charge in [-0.05, 0) is 57.2 Å². The first-order chi connectivity index (χ1) is 14.6. The normalized spacial score (nSPS) is 17.8. The number of benzene rings is 1. The fraction of sp³-hybridized carbons (Fsp3) is 0.565. The number of hydrogen-bond acceptors (Lipinski definition) is 6. The molecule has 3 rings (SSSR count). The van der Waals surface area contributed by atoms with Gasteiger partial charge in [0.25, 0.3) is 0 Å². The van der Waals surface area contributed by atoms with Crippen molar-refractivity contribution in [3.8, 4) is 0 Å². The number of piperidine rings is 1. The molecule has 1 aromatic carbocycles. The van der Waals surface area contributed by atoms with Gasteiger partial charge in [-0.3, -0.25) is 14.5 Å². The quantitative estimate of drug-likeness (QED) is 0.526. The van der Waals surface area contributed by atoms with Crippen molar-refractivity contribution in [1.82, 2.24) is 9.80 Å². The van der Waals surface area contributed by atoms with Crippen molar-refractivity contribution in [3.05, 3.63) is 35.4 Å². The van der Waals surface area contributed by atoms with Crippen LogP contribution in [-0.2, 0) is 25.6 Å². The van der Waals surface area contributed by atoms with Gasteiger partial charge in [0.1, 0.15) is 5.60 Å². The standard InChI is InChI=1S/C23H30N2O6/c1-23(2,3)31-22(29)24-12-10-17(11-13-24)15-30-21(28)18-6-4-16(5-7-18)14-25-19(26)8-9-20(25)27/h4-7,17H,8-15H2,1-3H3. The zero-order chi connectivity index (χ0) is 22.6. The van der Waals surface area contributed by atoms with E-state index < -0.39 is 11.6 Å². The Kier molecular flexibility index (Phi) is 6.97. The number of imide groups is 1. The van der Waals surface area contributed by atoms with E-state index in [0.29, 0.717) is 25.3 Å². The van der Waals surface area contributed by atoms with Crippen molar-refractivity contribution in [2.75, 3.05) is 19.7 Å². The SMILES string of the molecule is CC(C)(C)OC(=O)N1CCC(COC(=O)c2ccc(CN3C(=O)CCC3=O)cc2)CC1. The summed E-state index contributed by atoms with van der Waals surface area (Å²) in [5.41, 5.74) is 0.696. The molecule has 0 aliphatic carbocycles. The highest BCUT2D eigenvalue weighted by atomic mass is 16.6. The zero-order valence-corrected chi connectivity index (χ0v) is 18.4. The summed E-state index contributed by atoms with van der Waals surface area (Å²) in [6.07, 6.45) is 1.73. The number of rotatable bonds is 5. The van der Waals surface area contributed by atoms with E-state index in [4.69, 9.17) is 9.47 Å². The third kappa shape index (κ3) is 6.29. The smallest absolute Gasteiger partial charge is 0.410 e. The van der Waals surface area contributed by atoms with Crippen LogP contribution in [0.1, 0.15) is 62.4 Å². The minimum Gasteiger partial charge on any atom is -0.462 e. The predicted octanol–water partition coefficient (Wildman–Crippen LogP) is 3.14. The van der Waals surface area contributed by atoms with E-state index in [9.17, 15) is 19.2 Å². The summed E-state index contributed by atoms with van der Waals surface area (Å²) in [7, 11) is 0. The molecule has 8 nitrogen and oxygen atoms in total. The molecule has 0 unspecified atom stereocenters. The molecule has 0 bridgehead atoms. The van der Waals surface area contributed by atoms with Crippen LogP contribution in [0.25, 0.3) is 0 Å². The van der Waals surface area contributed by atoms with Crippen LogP contribution in [0.4, 0.5) is 4.79 Å². The highest BCUT2D eigenvalue weighted by Crippen LogP contribution is 2.21. The molecule has 1 aromatic rings. The van der Waals surface area contributed by atoms with Crippen molar-refractivity contribution in [2.24, 2.45) is 5.92 Å². The van der Waals surface area contributed by atoms with Crippen molar-refractivity contribution in [3.63, 3.8) is 0 Å². The Morgan fingerprint density at radius 3 is 2.13 bits per heavy atom. The van der Waals surface area contributed by atoms with Crippen LogP contribution in [0.3, 0.4) is 0 Å². The van der Waals surface area contributed by atoms with Crippen molar-refractivity contribution >= 4 is 23.9 Å². The van der Waals surface area contributed by atoms with Gasteiger partial charge < -0.3 is 14.4 Å². The molecule has 0 aromatic heterocycles. The molecular weight excluding hydrogens is 400 g/mol. The summed E-state index contributed by atoms with van der Waals surface area (Å²) < 4.78 is 10.9. The molecule has 0 saturated carbocycles. The number of likely N-dealkylation sites (tertiary alicyclic amines) is 2. The van der Waals surface area contributed by atoms with Crippen LogP contribution in [0, 0.1) is 5.92 Å². The van der Waals surface area contributed by atoms with E-state index in [-0.39, 0.29) is 43.2 Å². The van der Waals surface area contributed by atoms with Gasteiger partial charge in [0.15, 0.2) is 0 Å². The molecule has 8 heteroatoms. The van der Waals surface area contributed by atoms with E-state index >= 15 is 0 Å². The van der Waals surface area contributed by atoms with Gasteiger partial charge in [0.05, 0.1) is 18.7 Å². The number of esters is 1. The first-order valence-corrected chi connectivity index (χ1v) is 10.7. The van der Waals surface area contributed by atoms with Crippen molar-refractivity contribution in [1.29, 1.82) is 0 Å². The minimum atomic E-state index is -0.515. The lowest BCUT2D eigenvalue weighted by Crippen LogP contribution is -2.42. The van der Waals surface area contributed by atoms with Gasteiger partial charge in [0.2, 0.25) is 11.8 Å². The molecule has 2 saturated heterocycles. The minimum absolute atomic E-state index is 0.161. The summed E-state index contributed by atoms with van der Waals surface area (Å²) >= 11 is 0. The molecule has 0 atom stereocenters. The Morgan fingerprint density at radius 2 is 1.58 bits per heavy atom. The molecule has 0 spiro atoms. The zero-order valence-electron chi connectivity index (χ0n) is 18.4. The maximum atomic E-state index is 12.4. The van der Waals surface area contributed by atoms with Crippen LogP contribution in [0.5, 0.6) is 0 Å². The number of nitrogens with zero attached hydrogens (tertiary/aromatic N) is 2. The predicted molar refractivity (Wildman–Crippen MR) is 112 cm³/mol. The number of amides is 3. The first-order valence-electron chi connectivity index (χ1n) is 10.7. The van der Waals surface area contributed by atoms with Gasteiger partial charge in [0, 0.05) is 25.9 Å². The number of ether oxygens (including phenoxy) is 2. The van der Waals surface area contributed by atoms with Gasteiger partial charge in [-0.1, -0.05) is 12.1 Å². The fourth-order valence-electron chi connectivity index (χ4n) is 3.61. The summed E-state index contributed by atoms with van der Waals surface area (Å²) in [5.74, 6) is -0.527. The monoisotopic (exact) mass is 430 g/mol. The molecule has 168 valence electrons. The second-order valence-electron chi connectivity index (χ2n) is 9.08. The molecule has 2 aliphatic heterocycles. The Hall–Kier alpha value is -2.90. The summed E-state index contributed by atoms with van der Waals surface area (Å²) in [4.78, 5) is 50.9. The van der Waals surface area contributed by atoms with Crippen LogP contribution >= 0.6 is 0 Å². The maximum Gasteiger partial charge on any atom is 0.410 e. The average molecular weight is 431 g/mol. The van der Waals surface area contributed by atoms with Crippen LogP contribution in [0.2, 0.25) is 0 Å². The topological polar surface area (TPSA) is 93.2 Å². The molecule has 0 radical (unpaired) electrons. The number of hydrogen-bond donors (Lipinski definition) is 0. The van der Waals surface area contributed by atoms with E-state index in [0.717, 1.165) is 18.4 Å². The van der Waals surface area contributed by atoms with Crippen LogP contribution in [0.15, 0.2) is 24.3 Å². The van der Waals surface area contributed by atoms with Crippen molar-refractivity contribution in [2.45, 2.75) is 58.6 Å². The van der Waals surface area contributed by atoms with Gasteiger partial charge in [-0.2, -0.15) is 0 Å². The Labute approximate surface area is 182 Å². The molecule has 3 amide bonds. The van der Waals surface area contributed by atoms with Gasteiger partial charge in [-0.25, -0.2) is 9.59 Å². The van der Waals surface area contributed by atoms with Crippen LogP contribution in [-0.4, -0.2) is 59.0 Å².